The number of nitrogens with one attached hydrogen (secondary N) is 2. The van der Waals surface area contributed by atoms with Crippen molar-refractivity contribution in [2.45, 2.75) is 157 Å². The minimum Gasteiger partial charge on any atom is -0.495 e. The number of carbonyl (C=O) groups excluding carboxylic acids is 8. The normalized spacial score (nSPS) is 26.8. The molecule has 0 radical (unpaired) electrons. The highest BCUT2D eigenvalue weighted by Crippen LogP contribution is 2.49. The fourth-order valence-electron chi connectivity index (χ4n) is 10.2. The maximum absolute atomic E-state index is 14.4. The van der Waals surface area contributed by atoms with Crippen LogP contribution in [0.4, 0.5) is 10.5 Å². The summed E-state index contributed by atoms with van der Waals surface area (Å²) in [7, 11) is 4.86. The molecular formula is C57H73ClN6O18S3. The fraction of sp³-hybridized carbons (Fsp3) is 0.561. The number of aliphatic hydroxyl groups is 1. The van der Waals surface area contributed by atoms with Gasteiger partial charge in [-0.25, -0.2) is 28.2 Å². The van der Waals surface area contributed by atoms with Crippen LogP contribution in [-0.2, 0) is 73.6 Å². The molecule has 7 rings (SSSR count). The van der Waals surface area contributed by atoms with E-state index in [1.54, 1.807) is 51.2 Å². The molecule has 85 heavy (non-hydrogen) atoms. The summed E-state index contributed by atoms with van der Waals surface area (Å²) in [6, 6.07) is 6.81. The van der Waals surface area contributed by atoms with E-state index < -0.39 is 110 Å². The van der Waals surface area contributed by atoms with E-state index in [0.717, 1.165) is 11.1 Å². The lowest BCUT2D eigenvalue weighted by atomic mass is 9.83. The zero-order valence-electron chi connectivity index (χ0n) is 49.1. The molecule has 3 fully saturated rings. The van der Waals surface area contributed by atoms with Gasteiger partial charge >= 0.3 is 18.0 Å². The highest BCUT2D eigenvalue weighted by molar-refractivity contribution is 8.77. The number of sulfone groups is 1. The van der Waals surface area contributed by atoms with Crippen molar-refractivity contribution in [2.24, 2.45) is 11.0 Å². The van der Waals surface area contributed by atoms with E-state index >= 15 is 0 Å². The summed E-state index contributed by atoms with van der Waals surface area (Å²) in [6.07, 6.45) is 0.269. The zero-order valence-corrected chi connectivity index (χ0v) is 52.3. The lowest BCUT2D eigenvalue weighted by Crippen LogP contribution is -2.63. The van der Waals surface area contributed by atoms with Crippen LogP contribution in [0.2, 0.25) is 5.02 Å². The first-order chi connectivity index (χ1) is 40.0. The number of ether oxygens (including phenoxy) is 6. The number of imide groups is 1. The molecule has 6 amide bonds. The van der Waals surface area contributed by atoms with Crippen LogP contribution in [0.1, 0.15) is 110 Å². The Labute approximate surface area is 506 Å². The number of hydrogen-bond donors (Lipinski definition) is 3. The molecule has 464 valence electrons. The van der Waals surface area contributed by atoms with Gasteiger partial charge in [-0.05, 0) is 83.4 Å². The maximum atomic E-state index is 14.4. The average Bonchev–Trinajstić information content (AvgIpc) is 2.43. The van der Waals surface area contributed by atoms with Gasteiger partial charge in [0.05, 0.1) is 54.7 Å². The number of hydroxylamine groups is 2. The van der Waals surface area contributed by atoms with Gasteiger partial charge in [-0.15, -0.1) is 5.06 Å². The molecule has 5 heterocycles. The van der Waals surface area contributed by atoms with Crippen LogP contribution in [0.3, 0.4) is 0 Å². The second kappa shape index (κ2) is 27.6. The number of carbonyl (C=O) groups is 8. The highest BCUT2D eigenvalue weighted by Gasteiger charge is 2.64. The van der Waals surface area contributed by atoms with Crippen molar-refractivity contribution in [3.8, 4) is 11.5 Å². The van der Waals surface area contributed by atoms with Gasteiger partial charge in [0.15, 0.2) is 15.6 Å². The van der Waals surface area contributed by atoms with Crippen molar-refractivity contribution in [2.75, 3.05) is 51.3 Å². The summed E-state index contributed by atoms with van der Waals surface area (Å²) in [4.78, 5) is 112. The first-order valence-corrected chi connectivity index (χ1v) is 31.9. The number of alkyl carbamates (subject to hydrolysis) is 1. The number of likely N-dealkylation sites (N-methyl/N-ethyl adjacent to an activating group) is 1. The first-order valence-electron chi connectivity index (χ1n) is 27.6. The molecule has 5 aliphatic heterocycles. The maximum Gasteiger partial charge on any atom is 0.409 e. The molecule has 0 aliphatic carbocycles. The summed E-state index contributed by atoms with van der Waals surface area (Å²) >= 11 is 6.83. The summed E-state index contributed by atoms with van der Waals surface area (Å²) < 4.78 is 60.8. The summed E-state index contributed by atoms with van der Waals surface area (Å²) in [5, 5.41) is 19.3. The van der Waals surface area contributed by atoms with E-state index in [0.29, 0.717) is 39.9 Å². The van der Waals surface area contributed by atoms with E-state index in [4.69, 9.17) is 44.9 Å². The van der Waals surface area contributed by atoms with Gasteiger partial charge in [-0.2, -0.15) is 5.10 Å². The van der Waals surface area contributed by atoms with Crippen molar-refractivity contribution in [1.82, 2.24) is 20.7 Å². The second-order valence-electron chi connectivity index (χ2n) is 22.3. The number of rotatable bonds is 19. The number of hydrazone groups is 1. The molecule has 28 heteroatoms. The molecule has 2 aromatic carbocycles. The Morgan fingerprint density at radius 1 is 1.06 bits per heavy atom. The van der Waals surface area contributed by atoms with Gasteiger partial charge in [0.1, 0.15) is 46.5 Å². The van der Waals surface area contributed by atoms with Crippen molar-refractivity contribution in [3.05, 3.63) is 70.3 Å². The van der Waals surface area contributed by atoms with Crippen LogP contribution in [0.15, 0.2) is 64.1 Å². The van der Waals surface area contributed by atoms with Crippen molar-refractivity contribution in [3.63, 3.8) is 0 Å². The number of anilines is 1. The van der Waals surface area contributed by atoms with Gasteiger partial charge in [-0.3, -0.25) is 29.3 Å². The van der Waals surface area contributed by atoms with E-state index in [2.05, 4.69) is 15.8 Å². The summed E-state index contributed by atoms with van der Waals surface area (Å²) in [5.41, 5.74) is 1.97. The van der Waals surface area contributed by atoms with Crippen molar-refractivity contribution >= 4 is 102 Å². The minimum atomic E-state index is -3.73. The number of fused-ring (bicyclic) bond motifs is 6. The Morgan fingerprint density at radius 3 is 2.47 bits per heavy atom. The Hall–Kier alpha value is -6.23. The van der Waals surface area contributed by atoms with E-state index in [1.165, 1.54) is 71.7 Å². The third-order valence-electron chi connectivity index (χ3n) is 15.3. The van der Waals surface area contributed by atoms with E-state index in [1.807, 2.05) is 26.8 Å². The quantitative estimate of drug-likeness (QED) is 0.0367. The summed E-state index contributed by atoms with van der Waals surface area (Å²) in [6.45, 7) is 10.5. The molecule has 4 bridgehead atoms. The van der Waals surface area contributed by atoms with Crippen LogP contribution in [0, 0.1) is 5.92 Å². The molecule has 0 saturated carbocycles. The Bertz CT molecular complexity index is 3140. The number of hydrogen-bond acceptors (Lipinski definition) is 21. The van der Waals surface area contributed by atoms with E-state index in [-0.39, 0.29) is 85.3 Å². The Kier molecular flexibility index (Phi) is 21.6. The lowest BCUT2D eigenvalue weighted by molar-refractivity contribution is -0.197. The largest absolute Gasteiger partial charge is 0.495 e. The highest BCUT2D eigenvalue weighted by atomic mass is 35.5. The van der Waals surface area contributed by atoms with Crippen LogP contribution >= 0.6 is 33.2 Å². The predicted octanol–water partition coefficient (Wildman–Crippen LogP) is 5.92. The number of nitrogens with zero attached hydrogens (tertiary/aromatic N) is 4. The molecule has 2 aromatic rings. The zero-order chi connectivity index (χ0) is 62.3. The number of allylic oxidation sites excluding steroid dienone is 3. The number of esters is 1. The number of halogens is 1. The SMILES string of the molecule is COc1cc2cc(c1Cl)N(C)C(=O)C[C@H](OC(=O)[C@H](C)N(C)C(=O)CCSSC(C)(C)CC(=O)N/N=C1\CCS(=O)(=O)c3cc(OCCCC(=O)ON4C(=O)CCC4=O)ccc31)C1(C)O[C@H]1[C@H](C)[C@@H]1C[C@@](O)(NC(=O)O1)[C@H](OC)/C=C/C=C(\C)C2. The standard InChI is InChI=1S/C57H73ClN6O18S3/c1-32-13-11-14-43(77-10)57(73)30-41(79-54(72)59-57)33(2)52-56(6,81-52)44(29-49(69)63(8)39-26-35(25-32)27-40(76-9)51(39)58)80-53(71)34(3)62(7)46(66)20-23-83-84-55(4,5)31-45(65)61-60-38-21-24-85(74,75)42-28-36(16-17-37(38)42)78-22-12-15-50(70)82-64-47(67)18-19-48(64)68/h11,13-14,16-17,26-28,33-34,41,43-44,52,73H,12,15,18-25,29-31H2,1-10H3,(H,59,72)(H,61,65)/b14-11+,32-13+,60-38+/t33-,34+,41+,43-,44+,52+,56?,57+/m1/s1. The first kappa shape index (κ1) is 66.3. The molecule has 8 atom stereocenters. The monoisotopic (exact) mass is 1260 g/mol. The molecule has 3 saturated heterocycles. The molecular weight excluding hydrogens is 1190 g/mol. The van der Waals surface area contributed by atoms with Crippen LogP contribution < -0.4 is 25.1 Å². The van der Waals surface area contributed by atoms with Crippen molar-refractivity contribution < 1.29 is 85.1 Å². The van der Waals surface area contributed by atoms with Crippen molar-refractivity contribution in [1.29, 1.82) is 0 Å². The number of methoxy groups -OCH3 is 2. The molecule has 1 unspecified atom stereocenters. The van der Waals surface area contributed by atoms with Crippen LogP contribution in [0.5, 0.6) is 11.5 Å². The topological polar surface area (TPSA) is 305 Å². The smallest absolute Gasteiger partial charge is 0.409 e. The van der Waals surface area contributed by atoms with Crippen LogP contribution in [-0.4, -0.2) is 170 Å². The molecule has 0 spiro atoms. The summed E-state index contributed by atoms with van der Waals surface area (Å²) in [5.74, 6) is -4.15. The Balaban J connectivity index is 0.938. The third-order valence-corrected chi connectivity index (χ3v) is 20.7. The van der Waals surface area contributed by atoms with E-state index in [9.17, 15) is 51.9 Å². The number of benzene rings is 2. The minimum absolute atomic E-state index is 0.000467. The number of epoxide rings is 1. The molecule has 3 N–H and O–H groups in total. The molecule has 24 nitrogen and oxygen atoms in total. The Morgan fingerprint density at radius 2 is 1.78 bits per heavy atom. The van der Waals surface area contributed by atoms with Gasteiger partial charge in [0.25, 0.3) is 11.8 Å². The van der Waals surface area contributed by atoms with Gasteiger partial charge < -0.3 is 48.2 Å². The van der Waals surface area contributed by atoms with Gasteiger partial charge in [-0.1, -0.05) is 63.9 Å². The van der Waals surface area contributed by atoms with Crippen LogP contribution in [0.25, 0.3) is 0 Å². The van der Waals surface area contributed by atoms with Gasteiger partial charge in [0, 0.05) is 81.7 Å². The third kappa shape index (κ3) is 16.2. The number of amides is 6. The van der Waals surface area contributed by atoms with Gasteiger partial charge in [0.2, 0.25) is 17.7 Å². The predicted molar refractivity (Wildman–Crippen MR) is 314 cm³/mol. The molecule has 0 aromatic heterocycles. The molecule has 5 aliphatic rings. The average molecular weight is 1260 g/mol. The second-order valence-corrected chi connectivity index (χ2v) is 27.9. The fourth-order valence-corrected chi connectivity index (χ4v) is 14.5. The lowest BCUT2D eigenvalue weighted by Gasteiger charge is -2.42.